The van der Waals surface area contributed by atoms with E-state index in [0.717, 1.165) is 30.6 Å². The molecule has 0 aromatic heterocycles. The van der Waals surface area contributed by atoms with Gasteiger partial charge in [-0.05, 0) is 66.1 Å². The maximum atomic E-state index is 13.0. The zero-order chi connectivity index (χ0) is 22.5. The summed E-state index contributed by atoms with van der Waals surface area (Å²) in [7, 11) is 1.27. The Morgan fingerprint density at radius 2 is 1.94 bits per heavy atom. The molecule has 2 fully saturated rings. The van der Waals surface area contributed by atoms with E-state index in [2.05, 4.69) is 10.1 Å². The molecule has 1 saturated carbocycles. The van der Waals surface area contributed by atoms with Gasteiger partial charge in [-0.3, -0.25) is 19.8 Å². The fourth-order valence-corrected chi connectivity index (χ4v) is 4.38. The van der Waals surface area contributed by atoms with Gasteiger partial charge in [-0.2, -0.15) is 0 Å². The lowest BCUT2D eigenvalue weighted by Gasteiger charge is -2.31. The van der Waals surface area contributed by atoms with Gasteiger partial charge in [-0.1, -0.05) is 12.8 Å². The molecule has 0 bridgehead atoms. The van der Waals surface area contributed by atoms with Crippen molar-refractivity contribution in [1.82, 2.24) is 10.2 Å². The number of carbonyl (C=O) groups excluding carboxylic acids is 4. The lowest BCUT2D eigenvalue weighted by Crippen LogP contribution is -2.57. The molecule has 1 aliphatic heterocycles. The highest BCUT2D eigenvalue weighted by atomic mass is 127. The van der Waals surface area contributed by atoms with Gasteiger partial charge < -0.3 is 14.2 Å². The fraction of sp³-hybridized carbons (Fsp3) is 0.429. The molecule has 2 aliphatic rings. The number of amides is 4. The first-order chi connectivity index (χ1) is 14.8. The number of nitrogens with zero attached hydrogens (tertiary/aromatic N) is 1. The van der Waals surface area contributed by atoms with Crippen molar-refractivity contribution in [2.45, 2.75) is 38.6 Å². The summed E-state index contributed by atoms with van der Waals surface area (Å²) in [6.45, 7) is 1.85. The lowest BCUT2D eigenvalue weighted by molar-refractivity contribution is -0.143. The molecule has 1 aromatic rings. The molecule has 1 saturated heterocycles. The molecule has 31 heavy (non-hydrogen) atoms. The van der Waals surface area contributed by atoms with Gasteiger partial charge in [0.15, 0.2) is 18.1 Å². The second-order valence-electron chi connectivity index (χ2n) is 7.06. The van der Waals surface area contributed by atoms with Gasteiger partial charge in [0.2, 0.25) is 0 Å². The molecule has 1 aromatic carbocycles. The standard InChI is InChI=1S/C21H23IN2O7/c1-3-30-16-10-12(9-15(22)18(16)31-11-17(25)29-2)8-14-19(26)23-21(28)24(20(14)27)13-6-4-5-7-13/h8-10,13H,3-7,11H2,1-2H3,(H,23,26,28)/b14-8+. The number of nitrogens with one attached hydrogen (secondary N) is 1. The highest BCUT2D eigenvalue weighted by Gasteiger charge is 2.40. The molecule has 10 heteroatoms. The second kappa shape index (κ2) is 10.1. The third kappa shape index (κ3) is 5.17. The lowest BCUT2D eigenvalue weighted by atomic mass is 10.0. The van der Waals surface area contributed by atoms with Gasteiger partial charge in [0, 0.05) is 6.04 Å². The first-order valence-corrected chi connectivity index (χ1v) is 11.0. The normalized spacial score (nSPS) is 18.4. The Morgan fingerprint density at radius 1 is 1.23 bits per heavy atom. The average Bonchev–Trinajstić information content (AvgIpc) is 3.24. The molecule has 1 heterocycles. The van der Waals surface area contributed by atoms with Gasteiger partial charge >= 0.3 is 12.0 Å². The Morgan fingerprint density at radius 3 is 2.58 bits per heavy atom. The third-order valence-electron chi connectivity index (χ3n) is 5.03. The van der Waals surface area contributed by atoms with Crippen LogP contribution in [-0.2, 0) is 19.1 Å². The van der Waals surface area contributed by atoms with Crippen LogP contribution in [0.3, 0.4) is 0 Å². The van der Waals surface area contributed by atoms with Crippen molar-refractivity contribution in [2.75, 3.05) is 20.3 Å². The van der Waals surface area contributed by atoms with Crippen LogP contribution in [-0.4, -0.2) is 55.1 Å². The Balaban J connectivity index is 1.93. The SMILES string of the molecule is CCOc1cc(/C=C2\C(=O)NC(=O)N(C3CCCC3)C2=O)cc(I)c1OCC(=O)OC. The smallest absolute Gasteiger partial charge is 0.343 e. The summed E-state index contributed by atoms with van der Waals surface area (Å²) in [4.78, 5) is 50.2. The van der Waals surface area contributed by atoms with Gasteiger partial charge in [0.25, 0.3) is 11.8 Å². The first kappa shape index (κ1) is 23.0. The van der Waals surface area contributed by atoms with Crippen molar-refractivity contribution in [1.29, 1.82) is 0 Å². The van der Waals surface area contributed by atoms with Gasteiger partial charge in [0.05, 0.1) is 17.3 Å². The maximum absolute atomic E-state index is 13.0. The summed E-state index contributed by atoms with van der Waals surface area (Å²) in [5.41, 5.74) is 0.408. The van der Waals surface area contributed by atoms with E-state index < -0.39 is 23.8 Å². The fourth-order valence-electron chi connectivity index (χ4n) is 3.60. The van der Waals surface area contributed by atoms with E-state index in [1.54, 1.807) is 19.1 Å². The summed E-state index contributed by atoms with van der Waals surface area (Å²) >= 11 is 2.02. The number of halogens is 1. The van der Waals surface area contributed by atoms with E-state index in [0.29, 0.717) is 27.2 Å². The van der Waals surface area contributed by atoms with Crippen LogP contribution in [0.5, 0.6) is 11.5 Å². The summed E-state index contributed by atoms with van der Waals surface area (Å²) in [6, 6.07) is 2.44. The molecule has 1 N–H and O–H groups in total. The number of ether oxygens (including phenoxy) is 3. The van der Waals surface area contributed by atoms with Crippen LogP contribution in [0.15, 0.2) is 17.7 Å². The minimum Gasteiger partial charge on any atom is -0.490 e. The highest BCUT2D eigenvalue weighted by molar-refractivity contribution is 14.1. The third-order valence-corrected chi connectivity index (χ3v) is 5.83. The molecular weight excluding hydrogens is 519 g/mol. The number of methoxy groups -OCH3 is 1. The highest BCUT2D eigenvalue weighted by Crippen LogP contribution is 2.35. The number of hydrogen-bond donors (Lipinski definition) is 1. The molecule has 0 radical (unpaired) electrons. The molecule has 3 rings (SSSR count). The first-order valence-electron chi connectivity index (χ1n) is 9.92. The molecule has 0 spiro atoms. The largest absolute Gasteiger partial charge is 0.490 e. The average molecular weight is 542 g/mol. The quantitative estimate of drug-likeness (QED) is 0.244. The number of hydrogen-bond acceptors (Lipinski definition) is 7. The minimum absolute atomic E-state index is 0.118. The van der Waals surface area contributed by atoms with Gasteiger partial charge in [-0.25, -0.2) is 9.59 Å². The van der Waals surface area contributed by atoms with Crippen molar-refractivity contribution in [3.05, 3.63) is 26.8 Å². The van der Waals surface area contributed by atoms with Crippen molar-refractivity contribution < 1.29 is 33.4 Å². The summed E-state index contributed by atoms with van der Waals surface area (Å²) in [5.74, 6) is -1.15. The van der Waals surface area contributed by atoms with Crippen LogP contribution in [0.4, 0.5) is 4.79 Å². The second-order valence-corrected chi connectivity index (χ2v) is 8.22. The van der Waals surface area contributed by atoms with Gasteiger partial charge in [0.1, 0.15) is 5.57 Å². The zero-order valence-electron chi connectivity index (χ0n) is 17.2. The molecule has 4 amide bonds. The van der Waals surface area contributed by atoms with Crippen LogP contribution in [0.2, 0.25) is 0 Å². The monoisotopic (exact) mass is 542 g/mol. The number of carbonyl (C=O) groups is 4. The van der Waals surface area contributed by atoms with Crippen LogP contribution in [0.25, 0.3) is 6.08 Å². The van der Waals surface area contributed by atoms with E-state index in [4.69, 9.17) is 9.47 Å². The minimum atomic E-state index is -0.733. The number of benzene rings is 1. The number of esters is 1. The number of rotatable bonds is 7. The van der Waals surface area contributed by atoms with E-state index in [1.807, 2.05) is 22.6 Å². The van der Waals surface area contributed by atoms with Crippen LogP contribution < -0.4 is 14.8 Å². The number of imide groups is 2. The zero-order valence-corrected chi connectivity index (χ0v) is 19.4. The van der Waals surface area contributed by atoms with E-state index >= 15 is 0 Å². The predicted octanol–water partition coefficient (Wildman–Crippen LogP) is 2.65. The predicted molar refractivity (Wildman–Crippen MR) is 118 cm³/mol. The molecule has 9 nitrogen and oxygen atoms in total. The summed E-state index contributed by atoms with van der Waals surface area (Å²) < 4.78 is 16.4. The van der Waals surface area contributed by atoms with E-state index in [9.17, 15) is 19.2 Å². The van der Waals surface area contributed by atoms with Crippen LogP contribution in [0.1, 0.15) is 38.2 Å². The summed E-state index contributed by atoms with van der Waals surface area (Å²) in [6.07, 6.45) is 4.79. The van der Waals surface area contributed by atoms with Gasteiger partial charge in [-0.15, -0.1) is 0 Å². The number of urea groups is 1. The van der Waals surface area contributed by atoms with E-state index in [1.165, 1.54) is 13.2 Å². The van der Waals surface area contributed by atoms with E-state index in [-0.39, 0.29) is 18.2 Å². The summed E-state index contributed by atoms with van der Waals surface area (Å²) in [5, 5.41) is 2.26. The Labute approximate surface area is 193 Å². The molecule has 0 unspecified atom stereocenters. The molecular formula is C21H23IN2O7. The van der Waals surface area contributed by atoms with Crippen molar-refractivity contribution >= 4 is 52.5 Å². The molecule has 166 valence electrons. The van der Waals surface area contributed by atoms with Crippen LogP contribution >= 0.6 is 22.6 Å². The Hall–Kier alpha value is -2.63. The molecule has 1 aliphatic carbocycles. The van der Waals surface area contributed by atoms with Crippen molar-refractivity contribution in [2.24, 2.45) is 0 Å². The molecule has 0 atom stereocenters. The maximum Gasteiger partial charge on any atom is 0.343 e. The number of barbiturate groups is 1. The topological polar surface area (TPSA) is 111 Å². The Bertz CT molecular complexity index is 938. The Kier molecular flexibility index (Phi) is 7.52. The van der Waals surface area contributed by atoms with Crippen LogP contribution in [0, 0.1) is 3.57 Å². The van der Waals surface area contributed by atoms with Crippen molar-refractivity contribution in [3.63, 3.8) is 0 Å². The van der Waals surface area contributed by atoms with Crippen molar-refractivity contribution in [3.8, 4) is 11.5 Å².